The molecule has 12 heteroatoms. The van der Waals surface area contributed by atoms with Crippen LogP contribution in [0.4, 0.5) is 0 Å². The topological polar surface area (TPSA) is 139 Å². The predicted molar refractivity (Wildman–Crippen MR) is 83.7 cm³/mol. The fourth-order valence-corrected chi connectivity index (χ4v) is 2.69. The highest BCUT2D eigenvalue weighted by molar-refractivity contribution is 7.84. The first kappa shape index (κ1) is 19.5. The van der Waals surface area contributed by atoms with Gasteiger partial charge in [0, 0.05) is 0 Å². The molecule has 0 amide bonds. The van der Waals surface area contributed by atoms with Crippen molar-refractivity contribution in [2.24, 2.45) is 0 Å². The van der Waals surface area contributed by atoms with Crippen molar-refractivity contribution in [2.75, 3.05) is 0 Å². The Labute approximate surface area is 148 Å². The molecular weight excluding hydrogens is 392 g/mol. The van der Waals surface area contributed by atoms with Crippen LogP contribution in [0.25, 0.3) is 0 Å². The molecule has 10 nitrogen and oxygen atoms in total. The largest absolute Gasteiger partial charge is 0.480 e. The molecule has 0 fully saturated rings. The highest BCUT2D eigenvalue weighted by Gasteiger charge is 2.28. The number of benzene rings is 2. The molecule has 0 aliphatic heterocycles. The summed E-state index contributed by atoms with van der Waals surface area (Å²) in [5.74, 6) is -2.68. The molecule has 0 N–H and O–H groups in total. The average Bonchev–Trinajstić information content (AvgIpc) is 2.61. The Morgan fingerprint density at radius 2 is 0.885 bits per heavy atom. The smallest absolute Gasteiger partial charge is 0.318 e. The third-order valence-electron chi connectivity index (χ3n) is 2.57. The fourth-order valence-electron chi connectivity index (χ4n) is 1.53. The lowest BCUT2D eigenvalue weighted by molar-refractivity contribution is -0.106. The summed E-state index contributed by atoms with van der Waals surface area (Å²) < 4.78 is 60.8. The maximum atomic E-state index is 11.6. The van der Waals surface area contributed by atoms with Crippen molar-refractivity contribution < 1.29 is 43.5 Å². The van der Waals surface area contributed by atoms with Crippen LogP contribution in [0, 0.1) is 0 Å². The van der Waals surface area contributed by atoms with Crippen LogP contribution in [0.3, 0.4) is 0 Å². The first-order valence-corrected chi connectivity index (χ1v) is 9.30. The molecule has 0 heterocycles. The van der Waals surface area contributed by atoms with Crippen molar-refractivity contribution in [3.05, 3.63) is 71.8 Å². The Bertz CT molecular complexity index is 899. The van der Waals surface area contributed by atoms with Crippen molar-refractivity contribution in [3.8, 4) is 0 Å². The second-order valence-electron chi connectivity index (χ2n) is 4.43. The predicted octanol–water partition coefficient (Wildman–Crippen LogP) is 1.14. The summed E-state index contributed by atoms with van der Waals surface area (Å²) in [5.41, 5.74) is -0.281. The van der Waals surface area contributed by atoms with Gasteiger partial charge in [-0.25, -0.2) is 9.59 Å². The van der Waals surface area contributed by atoms with E-state index in [-0.39, 0.29) is 11.1 Å². The summed E-state index contributed by atoms with van der Waals surface area (Å²) in [6, 6.07) is 13.9. The molecule has 0 aliphatic carbocycles. The van der Waals surface area contributed by atoms with E-state index in [4.69, 9.17) is 0 Å². The Balaban J connectivity index is 1.95. The van der Waals surface area contributed by atoms with Crippen LogP contribution in [-0.2, 0) is 37.8 Å². The van der Waals surface area contributed by atoms with Gasteiger partial charge in [-0.2, -0.15) is 16.8 Å². The maximum absolute atomic E-state index is 11.6. The number of rotatable bonds is 7. The van der Waals surface area contributed by atoms with E-state index in [9.17, 15) is 26.4 Å². The van der Waals surface area contributed by atoms with E-state index < -0.39 is 32.7 Å². The lowest BCUT2D eigenvalue weighted by Crippen LogP contribution is -2.21. The second kappa shape index (κ2) is 8.05. The quantitative estimate of drug-likeness (QED) is 0.489. The van der Waals surface area contributed by atoms with Crippen LogP contribution in [0.1, 0.15) is 20.7 Å². The Hall–Kier alpha value is -2.80. The van der Waals surface area contributed by atoms with E-state index in [0.717, 1.165) is 0 Å². The molecule has 0 bridgehead atoms. The van der Waals surface area contributed by atoms with Gasteiger partial charge in [0.05, 0.1) is 11.1 Å². The van der Waals surface area contributed by atoms with Gasteiger partial charge in [0.2, 0.25) is 0 Å². The highest BCUT2D eigenvalue weighted by atomic mass is 32.3. The van der Waals surface area contributed by atoms with E-state index in [2.05, 4.69) is 17.0 Å². The van der Waals surface area contributed by atoms with Crippen LogP contribution in [0.5, 0.6) is 0 Å². The van der Waals surface area contributed by atoms with E-state index in [1.165, 1.54) is 48.5 Å². The van der Waals surface area contributed by atoms with Crippen LogP contribution >= 0.6 is 0 Å². The average molecular weight is 402 g/mol. The van der Waals surface area contributed by atoms with Gasteiger partial charge in [-0.05, 0) is 24.3 Å². The molecule has 0 saturated heterocycles. The first-order chi connectivity index (χ1) is 12.2. The minimum atomic E-state index is -5.20. The van der Waals surface area contributed by atoms with Crippen molar-refractivity contribution in [1.82, 2.24) is 0 Å². The molecule has 0 aromatic heterocycles. The zero-order valence-electron chi connectivity index (χ0n) is 12.7. The minimum Gasteiger partial charge on any atom is -0.318 e. The second-order valence-corrected chi connectivity index (χ2v) is 6.66. The number of hydrogen-bond acceptors (Lipinski definition) is 10. The lowest BCUT2D eigenvalue weighted by atomic mass is 10.2. The zero-order chi connectivity index (χ0) is 19.2. The maximum Gasteiger partial charge on any atom is 0.480 e. The molecule has 26 heavy (non-hydrogen) atoms. The molecule has 0 spiro atoms. The molecule has 138 valence electrons. The monoisotopic (exact) mass is 402 g/mol. The Kier molecular flexibility index (Phi) is 6.05. The molecule has 2 rings (SSSR count). The van der Waals surface area contributed by atoms with Gasteiger partial charge >= 0.3 is 32.7 Å². The molecule has 0 radical (unpaired) electrons. The van der Waals surface area contributed by atoms with Crippen molar-refractivity contribution in [1.29, 1.82) is 0 Å². The van der Waals surface area contributed by atoms with Gasteiger partial charge in [0.25, 0.3) is 0 Å². The first-order valence-electron chi connectivity index (χ1n) is 6.64. The third-order valence-corrected chi connectivity index (χ3v) is 3.84. The third kappa shape index (κ3) is 5.93. The summed E-state index contributed by atoms with van der Waals surface area (Å²) in [7, 11) is -10.4. The zero-order valence-corrected chi connectivity index (χ0v) is 14.3. The summed E-state index contributed by atoms with van der Waals surface area (Å²) in [6.07, 6.45) is 0. The van der Waals surface area contributed by atoms with Crippen molar-refractivity contribution >= 4 is 32.7 Å². The van der Waals surface area contributed by atoms with Gasteiger partial charge < -0.3 is 8.37 Å². The fraction of sp³-hybridized carbons (Fsp3) is 0. The number of hydrogen-bond donors (Lipinski definition) is 0. The van der Waals surface area contributed by atoms with Crippen LogP contribution in [0.2, 0.25) is 0 Å². The molecular formula is C14H10O10S2. The van der Waals surface area contributed by atoms with Gasteiger partial charge in [0.1, 0.15) is 0 Å². The van der Waals surface area contributed by atoms with E-state index in [0.29, 0.717) is 0 Å². The SMILES string of the molecule is O=C(OS(=O)(=O)OOS(=O)(=O)OC(=O)c1ccccc1)c1ccccc1. The molecule has 0 atom stereocenters. The van der Waals surface area contributed by atoms with E-state index in [1.807, 2.05) is 0 Å². The van der Waals surface area contributed by atoms with Gasteiger partial charge in [-0.3, -0.25) is 0 Å². The van der Waals surface area contributed by atoms with Crippen molar-refractivity contribution in [3.63, 3.8) is 0 Å². The standard InChI is InChI=1S/C14H10O10S2/c15-13(11-7-3-1-4-8-11)21-25(17,18)23-24-26(19,20)22-14(16)12-9-5-2-6-10-12/h1-10H. The molecule has 0 saturated carbocycles. The molecule has 0 aliphatic rings. The summed E-state index contributed by atoms with van der Waals surface area (Å²) in [5, 5.41) is 0. The summed E-state index contributed by atoms with van der Waals surface area (Å²) >= 11 is 0. The van der Waals surface area contributed by atoms with Gasteiger partial charge in [0.15, 0.2) is 0 Å². The number of carbonyl (C=O) groups is 2. The number of carbonyl (C=O) groups excluding carboxylic acids is 2. The van der Waals surface area contributed by atoms with E-state index in [1.54, 1.807) is 12.1 Å². The lowest BCUT2D eigenvalue weighted by Gasteiger charge is -2.06. The minimum absolute atomic E-state index is 0.141. The Morgan fingerprint density at radius 1 is 0.577 bits per heavy atom. The Morgan fingerprint density at radius 3 is 1.19 bits per heavy atom. The van der Waals surface area contributed by atoms with Gasteiger partial charge in [-0.15, -0.1) is 0 Å². The van der Waals surface area contributed by atoms with Crippen LogP contribution in [-0.4, -0.2) is 28.8 Å². The molecule has 2 aromatic carbocycles. The van der Waals surface area contributed by atoms with Crippen LogP contribution < -0.4 is 0 Å². The van der Waals surface area contributed by atoms with Crippen LogP contribution in [0.15, 0.2) is 60.7 Å². The van der Waals surface area contributed by atoms with Crippen molar-refractivity contribution in [2.45, 2.75) is 0 Å². The van der Waals surface area contributed by atoms with E-state index >= 15 is 0 Å². The molecule has 0 unspecified atom stereocenters. The van der Waals surface area contributed by atoms with Gasteiger partial charge in [-0.1, -0.05) is 45.1 Å². The highest BCUT2D eigenvalue weighted by Crippen LogP contribution is 2.10. The normalized spacial score (nSPS) is 11.5. The summed E-state index contributed by atoms with van der Waals surface area (Å²) in [4.78, 5) is 23.2. The molecule has 2 aromatic rings. The summed E-state index contributed by atoms with van der Waals surface area (Å²) in [6.45, 7) is 0.